The fourth-order valence-electron chi connectivity index (χ4n) is 2.35. The Labute approximate surface area is 109 Å². The number of ketones is 1. The fraction of sp³-hybridized carbons (Fsp3) is 0.133. The van der Waals surface area contributed by atoms with Crippen LogP contribution in [0.5, 0.6) is 0 Å². The van der Waals surface area contributed by atoms with Crippen LogP contribution in [0.4, 0.5) is 0 Å². The van der Waals surface area contributed by atoms with Crippen LogP contribution in [0.15, 0.2) is 48.5 Å². The first-order valence-electron chi connectivity index (χ1n) is 5.61. The molecule has 0 spiro atoms. The molecule has 0 N–H and O–H groups in total. The van der Waals surface area contributed by atoms with E-state index in [1.807, 2.05) is 36.4 Å². The summed E-state index contributed by atoms with van der Waals surface area (Å²) in [4.78, 5) is 11.9. The summed E-state index contributed by atoms with van der Waals surface area (Å²) in [6.07, 6.45) is 0.501. The van der Waals surface area contributed by atoms with Crippen LogP contribution in [0.1, 0.15) is 16.0 Å². The normalized spacial score (nSPS) is 18.2. The van der Waals surface area contributed by atoms with E-state index >= 15 is 0 Å². The average Bonchev–Trinajstić information content (AvgIpc) is 2.48. The Kier molecular flexibility index (Phi) is 2.60. The van der Waals surface area contributed by atoms with Crippen LogP contribution >= 0.6 is 15.9 Å². The second-order valence-corrected chi connectivity index (χ2v) is 5.17. The van der Waals surface area contributed by atoms with E-state index in [4.69, 9.17) is 0 Å². The van der Waals surface area contributed by atoms with E-state index < -0.39 is 0 Å². The molecule has 2 aromatic rings. The summed E-state index contributed by atoms with van der Waals surface area (Å²) >= 11 is 3.51. The maximum atomic E-state index is 12.1. The Bertz CT molecular complexity index is 589. The lowest BCUT2D eigenvalue weighted by atomic mass is 9.97. The summed E-state index contributed by atoms with van der Waals surface area (Å²) in [6.45, 7) is 0. The third-order valence-electron chi connectivity index (χ3n) is 3.19. The molecule has 17 heavy (non-hydrogen) atoms. The molecule has 0 amide bonds. The van der Waals surface area contributed by atoms with Crippen LogP contribution in [0.2, 0.25) is 0 Å². The van der Waals surface area contributed by atoms with Gasteiger partial charge in [-0.3, -0.25) is 4.79 Å². The van der Waals surface area contributed by atoms with Crippen LogP contribution in [0, 0.1) is 0 Å². The molecule has 0 aliphatic heterocycles. The number of alkyl halides is 1. The van der Waals surface area contributed by atoms with E-state index in [9.17, 15) is 4.79 Å². The van der Waals surface area contributed by atoms with Gasteiger partial charge in [0.25, 0.3) is 0 Å². The van der Waals surface area contributed by atoms with Crippen LogP contribution < -0.4 is 0 Å². The number of hydrogen-bond acceptors (Lipinski definition) is 1. The highest BCUT2D eigenvalue weighted by atomic mass is 79.9. The van der Waals surface area contributed by atoms with Crippen molar-refractivity contribution in [1.29, 1.82) is 0 Å². The third kappa shape index (κ3) is 1.73. The lowest BCUT2D eigenvalue weighted by Crippen LogP contribution is -2.07. The minimum absolute atomic E-state index is 0.189. The Morgan fingerprint density at radius 1 is 0.941 bits per heavy atom. The van der Waals surface area contributed by atoms with Crippen LogP contribution in [-0.4, -0.2) is 5.78 Å². The molecule has 0 heterocycles. The van der Waals surface area contributed by atoms with E-state index in [0.29, 0.717) is 6.42 Å². The van der Waals surface area contributed by atoms with Crippen molar-refractivity contribution < 1.29 is 4.79 Å². The van der Waals surface area contributed by atoms with Crippen molar-refractivity contribution in [2.24, 2.45) is 0 Å². The van der Waals surface area contributed by atoms with E-state index in [-0.39, 0.29) is 10.6 Å². The van der Waals surface area contributed by atoms with Gasteiger partial charge in [0.1, 0.15) is 0 Å². The SMILES string of the molecule is O=C1Cc2ccccc2-c2ccccc2C1Br. The van der Waals surface area contributed by atoms with Crippen LogP contribution in [0.25, 0.3) is 11.1 Å². The summed E-state index contributed by atoms with van der Waals surface area (Å²) in [6, 6.07) is 16.2. The first kappa shape index (κ1) is 10.7. The molecule has 0 saturated carbocycles. The summed E-state index contributed by atoms with van der Waals surface area (Å²) in [7, 11) is 0. The van der Waals surface area contributed by atoms with Crippen molar-refractivity contribution in [2.75, 3.05) is 0 Å². The first-order valence-corrected chi connectivity index (χ1v) is 6.53. The molecule has 0 bridgehead atoms. The maximum absolute atomic E-state index is 12.1. The molecule has 1 aliphatic carbocycles. The van der Waals surface area contributed by atoms with Crippen molar-refractivity contribution in [3.63, 3.8) is 0 Å². The predicted octanol–water partition coefficient (Wildman–Crippen LogP) is 3.91. The lowest BCUT2D eigenvalue weighted by molar-refractivity contribution is -0.117. The first-order chi connectivity index (χ1) is 8.27. The number of fused-ring (bicyclic) bond motifs is 3. The Balaban J connectivity index is 2.33. The molecule has 1 nitrogen and oxygen atoms in total. The van der Waals surface area contributed by atoms with Crippen LogP contribution in [0.3, 0.4) is 0 Å². The molecule has 0 saturated heterocycles. The molecule has 0 fully saturated rings. The number of Topliss-reactive ketones (excluding diaryl/α,β-unsaturated/α-hetero) is 1. The second-order valence-electron chi connectivity index (χ2n) is 4.25. The summed E-state index contributed by atoms with van der Waals surface area (Å²) in [5.41, 5.74) is 4.53. The quantitative estimate of drug-likeness (QED) is 0.671. The van der Waals surface area contributed by atoms with Gasteiger partial charge in [-0.1, -0.05) is 64.5 Å². The van der Waals surface area contributed by atoms with Crippen molar-refractivity contribution in [2.45, 2.75) is 11.2 Å². The second kappa shape index (κ2) is 4.11. The highest BCUT2D eigenvalue weighted by molar-refractivity contribution is 9.09. The molecule has 1 atom stereocenters. The lowest BCUT2D eigenvalue weighted by Gasteiger charge is -2.10. The minimum atomic E-state index is -0.189. The number of carbonyl (C=O) groups is 1. The molecule has 0 radical (unpaired) electrons. The van der Waals surface area contributed by atoms with Gasteiger partial charge in [0.15, 0.2) is 5.78 Å². The third-order valence-corrected chi connectivity index (χ3v) is 4.19. The maximum Gasteiger partial charge on any atom is 0.155 e. The summed E-state index contributed by atoms with van der Waals surface area (Å²) < 4.78 is 0. The fourth-order valence-corrected chi connectivity index (χ4v) is 2.91. The van der Waals surface area contributed by atoms with Gasteiger partial charge in [0.05, 0.1) is 4.83 Å². The zero-order valence-electron chi connectivity index (χ0n) is 9.19. The monoisotopic (exact) mass is 286 g/mol. The van der Waals surface area contributed by atoms with Gasteiger partial charge in [-0.05, 0) is 22.3 Å². The smallest absolute Gasteiger partial charge is 0.155 e. The topological polar surface area (TPSA) is 17.1 Å². The molecular formula is C15H11BrO. The van der Waals surface area contributed by atoms with E-state index in [0.717, 1.165) is 16.7 Å². The molecule has 3 rings (SSSR count). The zero-order valence-corrected chi connectivity index (χ0v) is 10.8. The summed E-state index contributed by atoms with van der Waals surface area (Å²) in [5, 5.41) is 0. The Morgan fingerprint density at radius 2 is 1.59 bits per heavy atom. The van der Waals surface area contributed by atoms with Crippen LogP contribution in [-0.2, 0) is 11.2 Å². The number of benzene rings is 2. The van der Waals surface area contributed by atoms with Crippen molar-refractivity contribution in [1.82, 2.24) is 0 Å². The molecule has 84 valence electrons. The van der Waals surface area contributed by atoms with Gasteiger partial charge < -0.3 is 0 Å². The molecule has 2 heteroatoms. The highest BCUT2D eigenvalue weighted by Crippen LogP contribution is 2.38. The Hall–Kier alpha value is -1.41. The minimum Gasteiger partial charge on any atom is -0.298 e. The Morgan fingerprint density at radius 3 is 2.41 bits per heavy atom. The zero-order chi connectivity index (χ0) is 11.8. The molecule has 1 aliphatic rings. The largest absolute Gasteiger partial charge is 0.298 e. The van der Waals surface area contributed by atoms with Crippen molar-refractivity contribution >= 4 is 21.7 Å². The van der Waals surface area contributed by atoms with E-state index in [1.54, 1.807) is 0 Å². The van der Waals surface area contributed by atoms with Gasteiger partial charge in [-0.15, -0.1) is 0 Å². The van der Waals surface area contributed by atoms with Crippen molar-refractivity contribution in [3.8, 4) is 11.1 Å². The standard InChI is InChI=1S/C15H11BrO/c16-15-13-8-4-3-7-12(13)11-6-2-1-5-10(11)9-14(15)17/h1-8,15H,9H2. The predicted molar refractivity (Wildman–Crippen MR) is 72.3 cm³/mol. The molecule has 0 aromatic heterocycles. The average molecular weight is 287 g/mol. The molecule has 2 aromatic carbocycles. The van der Waals surface area contributed by atoms with Gasteiger partial charge in [-0.2, -0.15) is 0 Å². The van der Waals surface area contributed by atoms with Crippen molar-refractivity contribution in [3.05, 3.63) is 59.7 Å². The number of carbonyl (C=O) groups excluding carboxylic acids is 1. The van der Waals surface area contributed by atoms with Gasteiger partial charge >= 0.3 is 0 Å². The molecule has 1 unspecified atom stereocenters. The van der Waals surface area contributed by atoms with E-state index in [2.05, 4.69) is 28.1 Å². The van der Waals surface area contributed by atoms with E-state index in [1.165, 1.54) is 5.56 Å². The van der Waals surface area contributed by atoms with Gasteiger partial charge in [0, 0.05) is 6.42 Å². The van der Waals surface area contributed by atoms with Gasteiger partial charge in [0.2, 0.25) is 0 Å². The summed E-state index contributed by atoms with van der Waals surface area (Å²) in [5.74, 6) is 0.224. The van der Waals surface area contributed by atoms with Gasteiger partial charge in [-0.25, -0.2) is 0 Å². The molecular weight excluding hydrogens is 276 g/mol. The number of hydrogen-bond donors (Lipinski definition) is 0. The highest BCUT2D eigenvalue weighted by Gasteiger charge is 2.25. The number of halogens is 1. The number of rotatable bonds is 0.